The molecule has 7 nitrogen and oxygen atoms in total. The molecule has 0 aliphatic heterocycles. The third-order valence-corrected chi connectivity index (χ3v) is 5.24. The Kier molecular flexibility index (Phi) is 7.65. The van der Waals surface area contributed by atoms with Crippen LogP contribution in [0.3, 0.4) is 0 Å². The molecule has 31 heavy (non-hydrogen) atoms. The number of aryl methyl sites for hydroxylation is 1. The summed E-state index contributed by atoms with van der Waals surface area (Å²) < 4.78 is 6.03. The summed E-state index contributed by atoms with van der Waals surface area (Å²) in [5, 5.41) is 8.46. The predicted octanol–water partition coefficient (Wildman–Crippen LogP) is 3.83. The summed E-state index contributed by atoms with van der Waals surface area (Å²) in [4.78, 5) is 35.1. The summed E-state index contributed by atoms with van der Waals surface area (Å²) in [6, 6.07) is 14.5. The number of rotatable bonds is 7. The number of benzene rings is 2. The van der Waals surface area contributed by atoms with Gasteiger partial charge in [0.2, 0.25) is 0 Å². The lowest BCUT2D eigenvalue weighted by molar-refractivity contribution is -0.116. The van der Waals surface area contributed by atoms with Crippen LogP contribution in [0.15, 0.2) is 48.5 Å². The van der Waals surface area contributed by atoms with Gasteiger partial charge in [0.05, 0.1) is 12.6 Å². The summed E-state index contributed by atoms with van der Waals surface area (Å²) in [6.45, 7) is 3.46. The standard InChI is InChI=1S/C24H29N3O4/c1-16-3-7-19(8-4-16)26-24(30)27-20-9-13-22(14-10-20)31-21-11-5-18(6-12-21)23(29)25-15-17(2)28/h3-8,11-12,20,22H,9-10,13-15H2,1-2H3,(H,25,29)(H2,26,27,30). The quantitative estimate of drug-likeness (QED) is 0.631. The molecule has 2 aromatic rings. The molecule has 1 aliphatic rings. The van der Waals surface area contributed by atoms with Crippen LogP contribution in [0.5, 0.6) is 5.75 Å². The second-order valence-corrected chi connectivity index (χ2v) is 7.97. The Morgan fingerprint density at radius 2 is 1.58 bits per heavy atom. The van der Waals surface area contributed by atoms with Gasteiger partial charge in [-0.05, 0) is 75.9 Å². The van der Waals surface area contributed by atoms with E-state index in [1.807, 2.05) is 31.2 Å². The number of ether oxygens (including phenoxy) is 1. The van der Waals surface area contributed by atoms with Gasteiger partial charge < -0.3 is 20.7 Å². The summed E-state index contributed by atoms with van der Waals surface area (Å²) >= 11 is 0. The molecule has 1 aliphatic carbocycles. The van der Waals surface area contributed by atoms with Gasteiger partial charge in [0.15, 0.2) is 0 Å². The van der Waals surface area contributed by atoms with E-state index in [9.17, 15) is 14.4 Å². The van der Waals surface area contributed by atoms with Crippen LogP contribution in [-0.4, -0.2) is 36.4 Å². The molecule has 0 atom stereocenters. The molecule has 1 fully saturated rings. The number of Topliss-reactive ketones (excluding diaryl/α,β-unsaturated/α-hetero) is 1. The van der Waals surface area contributed by atoms with Gasteiger partial charge in [0.25, 0.3) is 5.91 Å². The Balaban J connectivity index is 1.40. The van der Waals surface area contributed by atoms with Gasteiger partial charge in [-0.2, -0.15) is 0 Å². The number of nitrogens with one attached hydrogen (secondary N) is 3. The van der Waals surface area contributed by atoms with E-state index < -0.39 is 0 Å². The normalized spacial score (nSPS) is 18.0. The summed E-state index contributed by atoms with van der Waals surface area (Å²) in [6.07, 6.45) is 3.46. The number of ketones is 1. The number of hydrogen-bond acceptors (Lipinski definition) is 4. The van der Waals surface area contributed by atoms with Crippen molar-refractivity contribution in [2.45, 2.75) is 51.7 Å². The molecule has 3 amide bonds. The van der Waals surface area contributed by atoms with Crippen LogP contribution in [0.25, 0.3) is 0 Å². The van der Waals surface area contributed by atoms with E-state index in [0.717, 1.165) is 36.9 Å². The van der Waals surface area contributed by atoms with Crippen LogP contribution in [-0.2, 0) is 4.79 Å². The summed E-state index contributed by atoms with van der Waals surface area (Å²) in [7, 11) is 0. The maximum atomic E-state index is 12.2. The molecule has 0 radical (unpaired) electrons. The lowest BCUT2D eigenvalue weighted by Gasteiger charge is -2.29. The van der Waals surface area contributed by atoms with E-state index >= 15 is 0 Å². The number of anilines is 1. The molecule has 1 saturated carbocycles. The van der Waals surface area contributed by atoms with Crippen molar-refractivity contribution in [3.8, 4) is 5.75 Å². The maximum absolute atomic E-state index is 12.2. The minimum absolute atomic E-state index is 0.0252. The van der Waals surface area contributed by atoms with Crippen LogP contribution >= 0.6 is 0 Å². The van der Waals surface area contributed by atoms with Crippen molar-refractivity contribution in [1.82, 2.24) is 10.6 Å². The Bertz CT molecular complexity index is 901. The van der Waals surface area contributed by atoms with E-state index in [0.29, 0.717) is 11.3 Å². The highest BCUT2D eigenvalue weighted by Gasteiger charge is 2.23. The van der Waals surface area contributed by atoms with E-state index in [2.05, 4.69) is 16.0 Å². The van der Waals surface area contributed by atoms with E-state index in [-0.39, 0.29) is 36.4 Å². The Morgan fingerprint density at radius 1 is 0.935 bits per heavy atom. The molecule has 0 spiro atoms. The van der Waals surface area contributed by atoms with Crippen LogP contribution < -0.4 is 20.7 Å². The highest BCUT2D eigenvalue weighted by molar-refractivity contribution is 5.96. The van der Waals surface area contributed by atoms with E-state index in [1.54, 1.807) is 24.3 Å². The summed E-state index contributed by atoms with van der Waals surface area (Å²) in [5.74, 6) is 0.333. The molecule has 3 rings (SSSR count). The molecule has 7 heteroatoms. The molecule has 0 bridgehead atoms. The first-order valence-electron chi connectivity index (χ1n) is 10.6. The zero-order valence-electron chi connectivity index (χ0n) is 17.9. The zero-order chi connectivity index (χ0) is 22.2. The third-order valence-electron chi connectivity index (χ3n) is 5.24. The van der Waals surface area contributed by atoms with E-state index in [4.69, 9.17) is 4.74 Å². The summed E-state index contributed by atoms with van der Waals surface area (Å²) in [5.41, 5.74) is 2.41. The van der Waals surface area contributed by atoms with Gasteiger partial charge in [-0.1, -0.05) is 17.7 Å². The number of carbonyl (C=O) groups excluding carboxylic acids is 3. The van der Waals surface area contributed by atoms with Crippen LogP contribution in [0, 0.1) is 6.92 Å². The van der Waals surface area contributed by atoms with Gasteiger partial charge in [0, 0.05) is 17.3 Å². The van der Waals surface area contributed by atoms with Gasteiger partial charge in [-0.3, -0.25) is 9.59 Å². The van der Waals surface area contributed by atoms with Crippen molar-refractivity contribution in [2.75, 3.05) is 11.9 Å². The molecule has 164 valence electrons. The smallest absolute Gasteiger partial charge is 0.319 e. The van der Waals surface area contributed by atoms with Crippen molar-refractivity contribution in [2.24, 2.45) is 0 Å². The molecular formula is C24H29N3O4. The second kappa shape index (κ2) is 10.6. The lowest BCUT2D eigenvalue weighted by Crippen LogP contribution is -2.41. The fourth-order valence-corrected chi connectivity index (χ4v) is 3.50. The molecule has 2 aromatic carbocycles. The Morgan fingerprint density at radius 3 is 2.19 bits per heavy atom. The highest BCUT2D eigenvalue weighted by Crippen LogP contribution is 2.24. The zero-order valence-corrected chi connectivity index (χ0v) is 17.9. The maximum Gasteiger partial charge on any atom is 0.319 e. The molecule has 0 saturated heterocycles. The topological polar surface area (TPSA) is 96.5 Å². The number of carbonyl (C=O) groups is 3. The van der Waals surface area contributed by atoms with Gasteiger partial charge in [-0.15, -0.1) is 0 Å². The lowest BCUT2D eigenvalue weighted by atomic mass is 9.93. The fourth-order valence-electron chi connectivity index (χ4n) is 3.50. The van der Waals surface area contributed by atoms with Crippen molar-refractivity contribution in [3.63, 3.8) is 0 Å². The average Bonchev–Trinajstić information content (AvgIpc) is 2.75. The fraction of sp³-hybridized carbons (Fsp3) is 0.375. The number of amides is 3. The average molecular weight is 424 g/mol. The molecular weight excluding hydrogens is 394 g/mol. The minimum atomic E-state index is -0.280. The van der Waals surface area contributed by atoms with Crippen LogP contribution in [0.1, 0.15) is 48.5 Å². The van der Waals surface area contributed by atoms with Crippen molar-refractivity contribution in [3.05, 3.63) is 59.7 Å². The van der Waals surface area contributed by atoms with Gasteiger partial charge in [0.1, 0.15) is 11.5 Å². The molecule has 0 unspecified atom stereocenters. The van der Waals surface area contributed by atoms with Gasteiger partial charge in [-0.25, -0.2) is 4.79 Å². The molecule has 0 heterocycles. The predicted molar refractivity (Wildman–Crippen MR) is 119 cm³/mol. The minimum Gasteiger partial charge on any atom is -0.490 e. The van der Waals surface area contributed by atoms with Gasteiger partial charge >= 0.3 is 6.03 Å². The molecule has 0 aromatic heterocycles. The SMILES string of the molecule is CC(=O)CNC(=O)c1ccc(OC2CCC(NC(=O)Nc3ccc(C)cc3)CC2)cc1. The second-order valence-electron chi connectivity index (χ2n) is 7.97. The van der Waals surface area contributed by atoms with Crippen molar-refractivity contribution in [1.29, 1.82) is 0 Å². The third kappa shape index (κ3) is 7.13. The first kappa shape index (κ1) is 22.3. The largest absolute Gasteiger partial charge is 0.490 e. The molecule has 3 N–H and O–H groups in total. The van der Waals surface area contributed by atoms with Crippen LogP contribution in [0.4, 0.5) is 10.5 Å². The van der Waals surface area contributed by atoms with Crippen molar-refractivity contribution >= 4 is 23.4 Å². The first-order valence-corrected chi connectivity index (χ1v) is 10.6. The monoisotopic (exact) mass is 423 g/mol. The highest BCUT2D eigenvalue weighted by atomic mass is 16.5. The van der Waals surface area contributed by atoms with Crippen molar-refractivity contribution < 1.29 is 19.1 Å². The van der Waals surface area contributed by atoms with Crippen LogP contribution in [0.2, 0.25) is 0 Å². The first-order chi connectivity index (χ1) is 14.9. The number of urea groups is 1. The Labute approximate surface area is 182 Å². The Hall–Kier alpha value is -3.35. The van der Waals surface area contributed by atoms with E-state index in [1.165, 1.54) is 6.92 Å². The number of hydrogen-bond donors (Lipinski definition) is 3.